The van der Waals surface area contributed by atoms with Gasteiger partial charge in [-0.1, -0.05) is 54.1 Å². The molecule has 5 aliphatic carbocycles. The molecule has 0 nitrogen and oxygen atoms in total. The van der Waals surface area contributed by atoms with Gasteiger partial charge in [-0.25, -0.2) is 0 Å². The number of hydrogen-bond acceptors (Lipinski definition) is 0. The van der Waals surface area contributed by atoms with Gasteiger partial charge in [0.25, 0.3) is 0 Å². The van der Waals surface area contributed by atoms with E-state index in [0.717, 1.165) is 33.2 Å². The van der Waals surface area contributed by atoms with E-state index < -0.39 is 0 Å². The fraction of sp³-hybridized carbons (Fsp3) is 0.357. The molecule has 3 aromatic rings. The number of halogens is 2. The Morgan fingerprint density at radius 3 is 2.43 bits per heavy atom. The highest BCUT2D eigenvalue weighted by atomic mass is 79.9. The molecule has 0 amide bonds. The van der Waals surface area contributed by atoms with E-state index in [9.17, 15) is 0 Å². The minimum Gasteiger partial charge on any atom is -0.0831 e. The molecule has 2 heteroatoms. The first-order valence-electron chi connectivity index (χ1n) is 11.3. The molecular formula is C28H22BrCl. The zero-order valence-electron chi connectivity index (χ0n) is 16.7. The predicted molar refractivity (Wildman–Crippen MR) is 126 cm³/mol. The Morgan fingerprint density at radius 2 is 1.60 bits per heavy atom. The van der Waals surface area contributed by atoms with Crippen molar-refractivity contribution in [3.8, 4) is 22.3 Å². The average Bonchev–Trinajstić information content (AvgIpc) is 3.37. The normalized spacial score (nSPS) is 38.1. The van der Waals surface area contributed by atoms with Crippen LogP contribution in [0.2, 0.25) is 5.02 Å². The van der Waals surface area contributed by atoms with Gasteiger partial charge in [0.1, 0.15) is 0 Å². The van der Waals surface area contributed by atoms with Crippen molar-refractivity contribution in [2.45, 2.75) is 31.1 Å². The van der Waals surface area contributed by atoms with Crippen molar-refractivity contribution >= 4 is 27.5 Å². The summed E-state index contributed by atoms with van der Waals surface area (Å²) in [6, 6.07) is 22.7. The Hall–Kier alpha value is -1.57. The summed E-state index contributed by atoms with van der Waals surface area (Å²) in [6.45, 7) is 0. The van der Waals surface area contributed by atoms with Crippen LogP contribution < -0.4 is 0 Å². The molecule has 0 N–H and O–H groups in total. The van der Waals surface area contributed by atoms with Gasteiger partial charge in [-0.05, 0) is 122 Å². The van der Waals surface area contributed by atoms with Gasteiger partial charge in [0.2, 0.25) is 0 Å². The third-order valence-corrected chi connectivity index (χ3v) is 11.1. The third kappa shape index (κ3) is 1.63. The standard InChI is InChI=1S/C28H22BrCl/c29-23-12-20-19-10-17(16-4-2-1-3-5-16)6-7-21(19)28(22(20)13-24(23)30)25-9-15-8-18-11-26(28)27(18,25)14-15/h1-7,10,12-13,15,18,25-26H,8-9,11,14H2. The van der Waals surface area contributed by atoms with Gasteiger partial charge in [-0.15, -0.1) is 0 Å². The monoisotopic (exact) mass is 472 g/mol. The Morgan fingerprint density at radius 1 is 0.800 bits per heavy atom. The summed E-state index contributed by atoms with van der Waals surface area (Å²) in [5.74, 6) is 3.64. The van der Waals surface area contributed by atoms with Gasteiger partial charge >= 0.3 is 0 Å². The van der Waals surface area contributed by atoms with Crippen molar-refractivity contribution in [3.63, 3.8) is 0 Å². The molecule has 148 valence electrons. The van der Waals surface area contributed by atoms with Crippen molar-refractivity contribution in [2.75, 3.05) is 0 Å². The van der Waals surface area contributed by atoms with E-state index >= 15 is 0 Å². The molecule has 6 unspecified atom stereocenters. The first-order valence-corrected chi connectivity index (χ1v) is 12.5. The SMILES string of the molecule is Clc1cc2c(cc1Br)-c1cc(-c3ccccc3)ccc1C21C2CC3CC4CC1C42C3. The van der Waals surface area contributed by atoms with Gasteiger partial charge in [0.05, 0.1) is 5.02 Å². The van der Waals surface area contributed by atoms with Crippen LogP contribution in [0.5, 0.6) is 0 Å². The first-order chi connectivity index (χ1) is 14.6. The van der Waals surface area contributed by atoms with Crippen LogP contribution in [0, 0.1) is 29.1 Å². The lowest BCUT2D eigenvalue weighted by Gasteiger charge is -2.76. The molecule has 3 aromatic carbocycles. The highest BCUT2D eigenvalue weighted by molar-refractivity contribution is 9.10. The fourth-order valence-electron chi connectivity index (χ4n) is 9.17. The molecule has 6 atom stereocenters. The Labute approximate surface area is 190 Å². The van der Waals surface area contributed by atoms with E-state index in [1.807, 2.05) is 0 Å². The largest absolute Gasteiger partial charge is 0.0831 e. The highest BCUT2D eigenvalue weighted by Crippen LogP contribution is 2.89. The van der Waals surface area contributed by atoms with Gasteiger partial charge in [0.15, 0.2) is 0 Å². The van der Waals surface area contributed by atoms with E-state index in [0.29, 0.717) is 5.41 Å². The average molecular weight is 474 g/mol. The van der Waals surface area contributed by atoms with Gasteiger partial charge in [-0.2, -0.15) is 0 Å². The van der Waals surface area contributed by atoms with Crippen LogP contribution in [0.1, 0.15) is 36.8 Å². The van der Waals surface area contributed by atoms with Crippen LogP contribution in [0.4, 0.5) is 0 Å². The maximum Gasteiger partial charge on any atom is 0.0551 e. The smallest absolute Gasteiger partial charge is 0.0551 e. The first kappa shape index (κ1) is 17.0. The van der Waals surface area contributed by atoms with Crippen molar-refractivity contribution in [1.82, 2.24) is 0 Å². The van der Waals surface area contributed by atoms with Crippen LogP contribution in [0.3, 0.4) is 0 Å². The van der Waals surface area contributed by atoms with Crippen molar-refractivity contribution in [3.05, 3.63) is 81.3 Å². The molecule has 0 heterocycles. The van der Waals surface area contributed by atoms with Crippen molar-refractivity contribution in [2.24, 2.45) is 29.1 Å². The van der Waals surface area contributed by atoms with E-state index in [2.05, 4.69) is 76.6 Å². The second kappa shape index (κ2) is 5.25. The summed E-state index contributed by atoms with van der Waals surface area (Å²) in [6.07, 6.45) is 5.88. The van der Waals surface area contributed by atoms with Crippen LogP contribution >= 0.6 is 27.5 Å². The molecule has 5 aliphatic rings. The zero-order chi connectivity index (χ0) is 19.8. The van der Waals surface area contributed by atoms with Crippen LogP contribution in [-0.4, -0.2) is 0 Å². The molecule has 0 aromatic heterocycles. The topological polar surface area (TPSA) is 0 Å². The summed E-state index contributed by atoms with van der Waals surface area (Å²) < 4.78 is 1.02. The minimum atomic E-state index is 0.218. The number of benzene rings is 3. The van der Waals surface area contributed by atoms with E-state index in [1.54, 1.807) is 5.56 Å². The summed E-state index contributed by atoms with van der Waals surface area (Å²) in [7, 11) is 0. The summed E-state index contributed by atoms with van der Waals surface area (Å²) >= 11 is 10.4. The summed E-state index contributed by atoms with van der Waals surface area (Å²) in [5, 5.41) is 0.865. The highest BCUT2D eigenvalue weighted by Gasteiger charge is 2.84. The lowest BCUT2D eigenvalue weighted by atomic mass is 9.27. The molecule has 4 saturated carbocycles. The lowest BCUT2D eigenvalue weighted by molar-refractivity contribution is -0.231. The number of hydrogen-bond donors (Lipinski definition) is 0. The van der Waals surface area contributed by atoms with Crippen molar-refractivity contribution in [1.29, 1.82) is 0 Å². The quantitative estimate of drug-likeness (QED) is 0.335. The van der Waals surface area contributed by atoms with E-state index in [-0.39, 0.29) is 5.41 Å². The molecule has 0 saturated heterocycles. The summed E-state index contributed by atoms with van der Waals surface area (Å²) in [4.78, 5) is 0. The second-order valence-corrected chi connectivity index (χ2v) is 11.8. The molecule has 4 fully saturated rings. The number of rotatable bonds is 1. The molecular weight excluding hydrogens is 452 g/mol. The van der Waals surface area contributed by atoms with Gasteiger partial charge < -0.3 is 0 Å². The molecule has 2 spiro atoms. The van der Waals surface area contributed by atoms with Crippen LogP contribution in [0.25, 0.3) is 22.3 Å². The molecule has 0 radical (unpaired) electrons. The van der Waals surface area contributed by atoms with Gasteiger partial charge in [0, 0.05) is 9.89 Å². The molecule has 0 aliphatic heterocycles. The Balaban J connectivity index is 1.40. The lowest BCUT2D eigenvalue weighted by Crippen LogP contribution is -2.73. The van der Waals surface area contributed by atoms with Crippen LogP contribution in [-0.2, 0) is 5.41 Å². The second-order valence-electron chi connectivity index (χ2n) is 10.5. The maximum absolute atomic E-state index is 6.70. The third-order valence-electron chi connectivity index (χ3n) is 9.87. The van der Waals surface area contributed by atoms with Gasteiger partial charge in [-0.3, -0.25) is 0 Å². The Bertz CT molecular complexity index is 1260. The zero-order valence-corrected chi connectivity index (χ0v) is 19.0. The molecule has 8 rings (SSSR count). The predicted octanol–water partition coefficient (Wildman–Crippen LogP) is 8.10. The summed E-state index contributed by atoms with van der Waals surface area (Å²) in [5.41, 5.74) is 9.49. The van der Waals surface area contributed by atoms with Crippen LogP contribution in [0.15, 0.2) is 65.1 Å². The molecule has 2 bridgehead atoms. The fourth-order valence-corrected chi connectivity index (χ4v) is 9.68. The van der Waals surface area contributed by atoms with E-state index in [1.165, 1.54) is 53.5 Å². The van der Waals surface area contributed by atoms with E-state index in [4.69, 9.17) is 11.6 Å². The number of fused-ring (bicyclic) bond motifs is 8. The van der Waals surface area contributed by atoms with Crippen molar-refractivity contribution < 1.29 is 0 Å². The Kier molecular flexibility index (Phi) is 2.98. The molecule has 30 heavy (non-hydrogen) atoms. The minimum absolute atomic E-state index is 0.218. The maximum atomic E-state index is 6.70.